The Morgan fingerprint density at radius 1 is 1.39 bits per heavy atom. The topological polar surface area (TPSA) is 80.7 Å². The van der Waals surface area contributed by atoms with Gasteiger partial charge >= 0.3 is 21.3 Å². The smallest absolute Gasteiger partial charge is 0.402 e. The second-order valence-electron chi connectivity index (χ2n) is 4.61. The maximum atomic E-state index is 12.8. The van der Waals surface area contributed by atoms with Crippen molar-refractivity contribution in [3.05, 3.63) is 12.2 Å². The van der Waals surface area contributed by atoms with Gasteiger partial charge in [-0.25, -0.2) is 0 Å². The number of hydrogen-bond donors (Lipinski definition) is 1. The molecule has 18 heavy (non-hydrogen) atoms. The number of allylic oxidation sites excluding steroid dienone is 2. The summed E-state index contributed by atoms with van der Waals surface area (Å²) in [6.07, 6.45) is 5.16. The van der Waals surface area contributed by atoms with Crippen molar-refractivity contribution in [2.75, 3.05) is 6.61 Å². The van der Waals surface area contributed by atoms with Crippen LogP contribution in [0.4, 0.5) is 8.78 Å². The maximum absolute atomic E-state index is 12.8. The van der Waals surface area contributed by atoms with E-state index in [2.05, 4.69) is 4.74 Å². The van der Waals surface area contributed by atoms with Gasteiger partial charge in [0.05, 0.1) is 5.92 Å². The molecule has 1 N–H and O–H groups in total. The molecule has 0 aromatic heterocycles. The molecule has 2 aliphatic rings. The normalized spacial score (nSPS) is 30.7. The van der Waals surface area contributed by atoms with E-state index >= 15 is 0 Å². The first-order valence-corrected chi connectivity index (χ1v) is 6.84. The number of rotatable bonds is 4. The van der Waals surface area contributed by atoms with E-state index in [9.17, 15) is 22.0 Å². The Hall–Kier alpha value is -1.02. The highest BCUT2D eigenvalue weighted by Crippen LogP contribution is 2.44. The molecule has 0 amide bonds. The average Bonchev–Trinajstić information content (AvgIpc) is 2.85. The predicted octanol–water partition coefficient (Wildman–Crippen LogP) is 1.22. The number of hydrogen-bond acceptors (Lipinski definition) is 4. The number of halogens is 2. The molecule has 2 bridgehead atoms. The summed E-state index contributed by atoms with van der Waals surface area (Å²) in [6, 6.07) is 0. The Kier molecular flexibility index (Phi) is 3.18. The van der Waals surface area contributed by atoms with Crippen LogP contribution in [-0.4, -0.2) is 30.8 Å². The van der Waals surface area contributed by atoms with Crippen molar-refractivity contribution in [1.29, 1.82) is 0 Å². The highest BCUT2D eigenvalue weighted by atomic mass is 32.2. The van der Waals surface area contributed by atoms with Crippen molar-refractivity contribution in [3.63, 3.8) is 0 Å². The van der Waals surface area contributed by atoms with E-state index < -0.39 is 33.9 Å². The van der Waals surface area contributed by atoms with Crippen LogP contribution < -0.4 is 0 Å². The minimum Gasteiger partial charge on any atom is -0.458 e. The number of fused-ring (bicyclic) bond motifs is 2. The molecular weight excluding hydrogens is 270 g/mol. The van der Waals surface area contributed by atoms with Crippen LogP contribution in [0.3, 0.4) is 0 Å². The Morgan fingerprint density at radius 3 is 2.50 bits per heavy atom. The van der Waals surface area contributed by atoms with Crippen LogP contribution in [0.25, 0.3) is 0 Å². The fourth-order valence-electron chi connectivity index (χ4n) is 2.39. The fraction of sp³-hybridized carbons (Fsp3) is 0.700. The van der Waals surface area contributed by atoms with E-state index in [1.165, 1.54) is 0 Å². The minimum absolute atomic E-state index is 0.0122. The highest BCUT2D eigenvalue weighted by molar-refractivity contribution is 7.86. The number of carbonyl (C=O) groups is 1. The quantitative estimate of drug-likeness (QED) is 0.476. The third kappa shape index (κ3) is 2.39. The molecule has 3 unspecified atom stereocenters. The average molecular weight is 282 g/mol. The minimum atomic E-state index is -5.56. The zero-order chi connectivity index (χ0) is 13.6. The van der Waals surface area contributed by atoms with Gasteiger partial charge in [0, 0.05) is 0 Å². The van der Waals surface area contributed by atoms with Crippen LogP contribution in [0.2, 0.25) is 0 Å². The molecule has 0 spiro atoms. The molecule has 2 aliphatic carbocycles. The molecule has 2 rings (SSSR count). The maximum Gasteiger partial charge on any atom is 0.402 e. The summed E-state index contributed by atoms with van der Waals surface area (Å²) in [7, 11) is -5.56. The highest BCUT2D eigenvalue weighted by Gasteiger charge is 2.47. The zero-order valence-corrected chi connectivity index (χ0v) is 10.1. The summed E-state index contributed by atoms with van der Waals surface area (Å²) >= 11 is 0. The zero-order valence-electron chi connectivity index (χ0n) is 9.25. The van der Waals surface area contributed by atoms with Crippen LogP contribution >= 0.6 is 0 Å². The molecule has 0 aliphatic heterocycles. The second-order valence-corrected chi connectivity index (χ2v) is 6.15. The van der Waals surface area contributed by atoms with E-state index in [0.29, 0.717) is 6.42 Å². The molecule has 8 heteroatoms. The van der Waals surface area contributed by atoms with Gasteiger partial charge in [-0.05, 0) is 24.7 Å². The monoisotopic (exact) mass is 282 g/mol. The Labute approximate surface area is 103 Å². The first-order chi connectivity index (χ1) is 8.21. The van der Waals surface area contributed by atoms with E-state index in [1.807, 2.05) is 12.2 Å². The lowest BCUT2D eigenvalue weighted by Crippen LogP contribution is -2.36. The van der Waals surface area contributed by atoms with Gasteiger partial charge in [-0.2, -0.15) is 17.2 Å². The molecule has 1 saturated carbocycles. The first-order valence-electron chi connectivity index (χ1n) is 5.40. The van der Waals surface area contributed by atoms with Gasteiger partial charge in [0.25, 0.3) is 0 Å². The van der Waals surface area contributed by atoms with Crippen molar-refractivity contribution in [1.82, 2.24) is 0 Å². The van der Waals surface area contributed by atoms with Crippen LogP contribution in [0.15, 0.2) is 12.2 Å². The lowest BCUT2D eigenvalue weighted by molar-refractivity contribution is -0.155. The summed E-state index contributed by atoms with van der Waals surface area (Å²) in [5.41, 5.74) is 0. The molecule has 3 atom stereocenters. The standard InChI is InChI=1S/C10H12F2O5S/c11-10(12,18(14,15)16)5-17-9(13)8-4-6-1-2-7(8)3-6/h1-2,6-8H,3-5H2,(H,14,15,16). The molecule has 0 radical (unpaired) electrons. The SMILES string of the molecule is O=C(OCC(F)(F)S(=O)(=O)O)C1CC2C=CC1C2. The lowest BCUT2D eigenvalue weighted by atomic mass is 9.94. The Bertz CT molecular complexity index is 484. The molecule has 0 heterocycles. The van der Waals surface area contributed by atoms with Crippen molar-refractivity contribution >= 4 is 16.1 Å². The lowest BCUT2D eigenvalue weighted by Gasteiger charge is -2.18. The number of ether oxygens (including phenoxy) is 1. The van der Waals surface area contributed by atoms with E-state index in [0.717, 1.165) is 6.42 Å². The molecule has 0 aromatic rings. The molecule has 0 saturated heterocycles. The third-order valence-electron chi connectivity index (χ3n) is 3.34. The van der Waals surface area contributed by atoms with Gasteiger partial charge in [0.1, 0.15) is 0 Å². The summed E-state index contributed by atoms with van der Waals surface area (Å²) in [5.74, 6) is -1.07. The summed E-state index contributed by atoms with van der Waals surface area (Å²) < 4.78 is 58.9. The van der Waals surface area contributed by atoms with Gasteiger partial charge in [0.15, 0.2) is 6.61 Å². The van der Waals surface area contributed by atoms with Crippen molar-refractivity contribution in [2.45, 2.75) is 18.1 Å². The van der Waals surface area contributed by atoms with E-state index in [1.54, 1.807) is 0 Å². The van der Waals surface area contributed by atoms with Crippen LogP contribution in [0.5, 0.6) is 0 Å². The van der Waals surface area contributed by atoms with E-state index in [4.69, 9.17) is 4.55 Å². The number of esters is 1. The van der Waals surface area contributed by atoms with E-state index in [-0.39, 0.29) is 11.8 Å². The van der Waals surface area contributed by atoms with Crippen molar-refractivity contribution in [3.8, 4) is 0 Å². The Morgan fingerprint density at radius 2 is 2.06 bits per heavy atom. The van der Waals surface area contributed by atoms with Gasteiger partial charge in [-0.1, -0.05) is 12.2 Å². The molecule has 5 nitrogen and oxygen atoms in total. The molecule has 0 aromatic carbocycles. The summed E-state index contributed by atoms with van der Waals surface area (Å²) in [5, 5.41) is -4.46. The fourth-order valence-corrected chi connectivity index (χ4v) is 2.60. The van der Waals surface area contributed by atoms with Crippen molar-refractivity contribution < 1.29 is 31.3 Å². The van der Waals surface area contributed by atoms with Gasteiger partial charge < -0.3 is 4.74 Å². The predicted molar refractivity (Wildman–Crippen MR) is 56.3 cm³/mol. The molecule has 1 fully saturated rings. The Balaban J connectivity index is 1.92. The van der Waals surface area contributed by atoms with Crippen LogP contribution in [-0.2, 0) is 19.6 Å². The van der Waals surface area contributed by atoms with Gasteiger partial charge in [-0.3, -0.25) is 9.35 Å². The third-order valence-corrected chi connectivity index (χ3v) is 4.21. The van der Waals surface area contributed by atoms with Gasteiger partial charge in [0.2, 0.25) is 0 Å². The van der Waals surface area contributed by atoms with Crippen LogP contribution in [0, 0.1) is 17.8 Å². The van der Waals surface area contributed by atoms with Gasteiger partial charge in [-0.15, -0.1) is 0 Å². The van der Waals surface area contributed by atoms with Crippen LogP contribution in [0.1, 0.15) is 12.8 Å². The molecule has 102 valence electrons. The first kappa shape index (κ1) is 13.4. The van der Waals surface area contributed by atoms with Crippen molar-refractivity contribution in [2.24, 2.45) is 17.8 Å². The largest absolute Gasteiger partial charge is 0.458 e. The number of alkyl halides is 2. The summed E-state index contributed by atoms with van der Waals surface area (Å²) in [4.78, 5) is 11.5. The molecular formula is C10H12F2O5S. The summed E-state index contributed by atoms with van der Waals surface area (Å²) in [6.45, 7) is -1.65. The second kappa shape index (κ2) is 4.27. The number of carbonyl (C=O) groups excluding carboxylic acids is 1.